The zero-order chi connectivity index (χ0) is 18.8. The van der Waals surface area contributed by atoms with Crippen LogP contribution in [-0.2, 0) is 4.79 Å². The molecule has 0 spiro atoms. The highest BCUT2D eigenvalue weighted by atomic mass is 32.2. The number of aromatic nitrogens is 4. The van der Waals surface area contributed by atoms with E-state index in [4.69, 9.17) is 0 Å². The zero-order valence-electron chi connectivity index (χ0n) is 15.1. The smallest absolute Gasteiger partial charge is 0.262 e. The molecule has 0 bridgehead atoms. The predicted molar refractivity (Wildman–Crippen MR) is 105 cm³/mol. The third-order valence-corrected chi connectivity index (χ3v) is 5.73. The van der Waals surface area contributed by atoms with Crippen molar-refractivity contribution >= 4 is 28.7 Å². The van der Waals surface area contributed by atoms with Crippen LogP contribution in [0.4, 0.5) is 0 Å². The molecule has 1 N–H and O–H groups in total. The van der Waals surface area contributed by atoms with E-state index in [2.05, 4.69) is 22.0 Å². The minimum atomic E-state index is -0.247. The number of hydrogen-bond acceptors (Lipinski definition) is 5. The molecule has 8 heteroatoms. The van der Waals surface area contributed by atoms with Crippen molar-refractivity contribution in [3.8, 4) is 5.69 Å². The maximum Gasteiger partial charge on any atom is 0.262 e. The van der Waals surface area contributed by atoms with Crippen LogP contribution < -0.4 is 5.56 Å². The molecular formula is C19H21N5O2S. The van der Waals surface area contributed by atoms with Gasteiger partial charge >= 0.3 is 0 Å². The summed E-state index contributed by atoms with van der Waals surface area (Å²) in [7, 11) is 0. The van der Waals surface area contributed by atoms with Gasteiger partial charge in [0.2, 0.25) is 5.91 Å². The van der Waals surface area contributed by atoms with E-state index in [0.29, 0.717) is 16.2 Å². The van der Waals surface area contributed by atoms with E-state index >= 15 is 0 Å². The number of aromatic amines is 1. The van der Waals surface area contributed by atoms with Crippen LogP contribution in [0.15, 0.2) is 46.5 Å². The Labute approximate surface area is 160 Å². The first-order valence-corrected chi connectivity index (χ1v) is 10.1. The molecule has 1 aliphatic heterocycles. The number of carbonyl (C=O) groups is 1. The molecular weight excluding hydrogens is 362 g/mol. The average Bonchev–Trinajstić information content (AvgIpc) is 3.12. The van der Waals surface area contributed by atoms with Gasteiger partial charge in [0.1, 0.15) is 5.39 Å². The number of amides is 1. The summed E-state index contributed by atoms with van der Waals surface area (Å²) in [5.74, 6) is 0.352. The monoisotopic (exact) mass is 383 g/mol. The Hall–Kier alpha value is -2.61. The van der Waals surface area contributed by atoms with Gasteiger partial charge in [-0.2, -0.15) is 5.10 Å². The van der Waals surface area contributed by atoms with E-state index in [1.165, 1.54) is 24.4 Å². The summed E-state index contributed by atoms with van der Waals surface area (Å²) in [6, 6.07) is 9.83. The minimum Gasteiger partial charge on any atom is -0.339 e. The highest BCUT2D eigenvalue weighted by Crippen LogP contribution is 2.21. The molecule has 1 aromatic carbocycles. The van der Waals surface area contributed by atoms with Gasteiger partial charge in [0.05, 0.1) is 17.6 Å². The molecule has 1 amide bonds. The summed E-state index contributed by atoms with van der Waals surface area (Å²) in [5, 5.41) is 5.16. The predicted octanol–water partition coefficient (Wildman–Crippen LogP) is 2.60. The van der Waals surface area contributed by atoms with Gasteiger partial charge in [-0.1, -0.05) is 30.0 Å². The number of likely N-dealkylation sites (tertiary alicyclic amines) is 1. The molecule has 0 saturated carbocycles. The molecule has 7 nitrogen and oxygen atoms in total. The van der Waals surface area contributed by atoms with Crippen molar-refractivity contribution < 1.29 is 4.79 Å². The Bertz CT molecular complexity index is 1010. The van der Waals surface area contributed by atoms with Crippen LogP contribution in [0.5, 0.6) is 0 Å². The first-order chi connectivity index (χ1) is 13.1. The topological polar surface area (TPSA) is 83.9 Å². The van der Waals surface area contributed by atoms with E-state index in [0.717, 1.165) is 25.1 Å². The number of para-hydroxylation sites is 1. The third kappa shape index (κ3) is 3.62. The summed E-state index contributed by atoms with van der Waals surface area (Å²) in [6.07, 6.45) is 4.79. The fourth-order valence-corrected chi connectivity index (χ4v) is 4.15. The van der Waals surface area contributed by atoms with Gasteiger partial charge in [-0.15, -0.1) is 0 Å². The van der Waals surface area contributed by atoms with Crippen molar-refractivity contribution in [3.63, 3.8) is 0 Å². The Kier molecular flexibility index (Phi) is 4.98. The number of benzene rings is 1. The first-order valence-electron chi connectivity index (χ1n) is 9.09. The van der Waals surface area contributed by atoms with E-state index < -0.39 is 0 Å². The summed E-state index contributed by atoms with van der Waals surface area (Å²) in [6.45, 7) is 2.90. The van der Waals surface area contributed by atoms with Crippen LogP contribution in [0, 0.1) is 0 Å². The third-order valence-electron chi connectivity index (χ3n) is 4.87. The fraction of sp³-hybridized carbons (Fsp3) is 0.368. The number of thioether (sulfide) groups is 1. The highest BCUT2D eigenvalue weighted by molar-refractivity contribution is 7.99. The Morgan fingerprint density at radius 1 is 1.30 bits per heavy atom. The second-order valence-corrected chi connectivity index (χ2v) is 7.68. The number of rotatable bonds is 4. The molecule has 1 saturated heterocycles. The van der Waals surface area contributed by atoms with Gasteiger partial charge in [-0.3, -0.25) is 9.59 Å². The molecule has 0 aliphatic carbocycles. The summed E-state index contributed by atoms with van der Waals surface area (Å²) >= 11 is 1.26. The van der Waals surface area contributed by atoms with E-state index in [1.54, 1.807) is 4.68 Å². The van der Waals surface area contributed by atoms with Crippen LogP contribution in [0.1, 0.15) is 26.2 Å². The van der Waals surface area contributed by atoms with Gasteiger partial charge in [-0.05, 0) is 38.3 Å². The summed E-state index contributed by atoms with van der Waals surface area (Å²) < 4.78 is 1.64. The number of piperidine rings is 1. The zero-order valence-corrected chi connectivity index (χ0v) is 15.9. The van der Waals surface area contributed by atoms with Crippen molar-refractivity contribution in [2.75, 3.05) is 12.3 Å². The molecule has 1 unspecified atom stereocenters. The van der Waals surface area contributed by atoms with Gasteiger partial charge in [-0.25, -0.2) is 9.67 Å². The molecule has 1 fully saturated rings. The Balaban J connectivity index is 1.57. The first kappa shape index (κ1) is 17.8. The van der Waals surface area contributed by atoms with Gasteiger partial charge in [0.15, 0.2) is 10.8 Å². The van der Waals surface area contributed by atoms with Crippen LogP contribution in [0.3, 0.4) is 0 Å². The molecule has 1 aliphatic rings. The Morgan fingerprint density at radius 2 is 2.11 bits per heavy atom. The lowest BCUT2D eigenvalue weighted by molar-refractivity contribution is -0.131. The van der Waals surface area contributed by atoms with E-state index in [9.17, 15) is 9.59 Å². The number of H-pyrrole nitrogens is 1. The number of nitrogens with zero attached hydrogens (tertiary/aromatic N) is 4. The van der Waals surface area contributed by atoms with Crippen molar-refractivity contribution in [1.82, 2.24) is 24.6 Å². The quantitative estimate of drug-likeness (QED) is 0.553. The number of fused-ring (bicyclic) bond motifs is 1. The largest absolute Gasteiger partial charge is 0.339 e. The van der Waals surface area contributed by atoms with Crippen molar-refractivity contribution in [2.45, 2.75) is 37.4 Å². The summed E-state index contributed by atoms with van der Waals surface area (Å²) in [4.78, 5) is 34.2. The van der Waals surface area contributed by atoms with E-state index in [-0.39, 0.29) is 23.3 Å². The molecule has 3 aromatic rings. The normalized spacial score (nSPS) is 17.4. The van der Waals surface area contributed by atoms with E-state index in [1.807, 2.05) is 35.2 Å². The lowest BCUT2D eigenvalue weighted by atomic mass is 10.0. The van der Waals surface area contributed by atoms with Crippen LogP contribution in [0.2, 0.25) is 0 Å². The van der Waals surface area contributed by atoms with Crippen LogP contribution in [-0.4, -0.2) is 48.9 Å². The van der Waals surface area contributed by atoms with Crippen LogP contribution in [0.25, 0.3) is 16.7 Å². The number of carbonyl (C=O) groups excluding carboxylic acids is 1. The SMILES string of the molecule is CC1CCCCN1C(=O)CSc1nc2c(cnn2-c2ccccc2)c(=O)[nH]1. The second kappa shape index (κ2) is 7.56. The molecule has 1 atom stereocenters. The van der Waals surface area contributed by atoms with Crippen LogP contribution >= 0.6 is 11.8 Å². The van der Waals surface area contributed by atoms with Crippen molar-refractivity contribution in [2.24, 2.45) is 0 Å². The second-order valence-electron chi connectivity index (χ2n) is 6.72. The lowest BCUT2D eigenvalue weighted by Gasteiger charge is -2.33. The standard InChI is InChI=1S/C19H21N5O2S/c1-13-7-5-6-10-23(13)16(25)12-27-19-21-17-15(18(26)22-19)11-20-24(17)14-8-3-2-4-9-14/h2-4,8-9,11,13H,5-7,10,12H2,1H3,(H,21,22,26). The van der Waals surface area contributed by atoms with Crippen molar-refractivity contribution in [1.29, 1.82) is 0 Å². The fourth-order valence-electron chi connectivity index (χ4n) is 3.41. The molecule has 0 radical (unpaired) electrons. The summed E-state index contributed by atoms with van der Waals surface area (Å²) in [5.41, 5.74) is 1.08. The van der Waals surface area contributed by atoms with Gasteiger partial charge in [0, 0.05) is 12.6 Å². The van der Waals surface area contributed by atoms with Gasteiger partial charge in [0.25, 0.3) is 5.56 Å². The Morgan fingerprint density at radius 3 is 2.89 bits per heavy atom. The highest BCUT2D eigenvalue weighted by Gasteiger charge is 2.23. The van der Waals surface area contributed by atoms with Gasteiger partial charge < -0.3 is 9.88 Å². The molecule has 4 rings (SSSR count). The van der Waals surface area contributed by atoms with Crippen molar-refractivity contribution in [3.05, 3.63) is 46.9 Å². The molecule has 3 heterocycles. The number of hydrogen-bond donors (Lipinski definition) is 1. The lowest BCUT2D eigenvalue weighted by Crippen LogP contribution is -2.43. The minimum absolute atomic E-state index is 0.0894. The average molecular weight is 383 g/mol. The molecule has 140 valence electrons. The maximum absolute atomic E-state index is 12.5. The molecule has 2 aromatic heterocycles. The maximum atomic E-state index is 12.5. The molecule has 27 heavy (non-hydrogen) atoms. The number of nitrogens with one attached hydrogen (secondary N) is 1.